The fourth-order valence-electron chi connectivity index (χ4n) is 4.73. The second-order valence-corrected chi connectivity index (χ2v) is 9.40. The highest BCUT2D eigenvalue weighted by Crippen LogP contribution is 2.39. The summed E-state index contributed by atoms with van der Waals surface area (Å²) in [4.78, 5) is 9.63. The number of fused-ring (bicyclic) bond motifs is 1. The number of hydrazine groups is 1. The minimum Gasteiger partial charge on any atom is -0.371 e. The lowest BCUT2D eigenvalue weighted by atomic mass is 9.97. The van der Waals surface area contributed by atoms with Crippen molar-refractivity contribution in [2.24, 2.45) is 4.99 Å². The number of nitrogens with zero attached hydrogens (tertiary/aromatic N) is 4. The molecule has 0 saturated carbocycles. The summed E-state index contributed by atoms with van der Waals surface area (Å²) >= 11 is 0. The van der Waals surface area contributed by atoms with Crippen molar-refractivity contribution in [3.8, 4) is 0 Å². The number of nitrogens with one attached hydrogen (secondary N) is 2. The predicted molar refractivity (Wildman–Crippen MR) is 127 cm³/mol. The summed E-state index contributed by atoms with van der Waals surface area (Å²) in [5, 5.41) is 4.65. The van der Waals surface area contributed by atoms with E-state index in [0.29, 0.717) is 43.8 Å². The quantitative estimate of drug-likeness (QED) is 0.451. The van der Waals surface area contributed by atoms with Crippen LogP contribution >= 0.6 is 0 Å². The summed E-state index contributed by atoms with van der Waals surface area (Å²) in [6.07, 6.45) is -8.66. The van der Waals surface area contributed by atoms with Gasteiger partial charge in [-0.15, -0.1) is 0 Å². The standard InChI is InChI=1S/C25H21F9N6/c26-23(27,28)15-10-14(11-16(12-15)24(29,30)31)19-2-1-7-40-21(19)37-22(38-40)36-17-4-8-39(9-5-17)18-3-6-35-20(13-18)25(32,33)34/h1-3,6-7,10-13,17,22,36,38H,4-5,8-9H2. The van der Waals surface area contributed by atoms with Gasteiger partial charge in [-0.2, -0.15) is 44.9 Å². The first-order valence-electron chi connectivity index (χ1n) is 12.0. The van der Waals surface area contributed by atoms with E-state index in [-0.39, 0.29) is 29.1 Å². The summed E-state index contributed by atoms with van der Waals surface area (Å²) < 4.78 is 119. The molecule has 0 spiro atoms. The molecule has 15 heteroatoms. The number of allylic oxidation sites excluding steroid dienone is 2. The maximum absolute atomic E-state index is 13.4. The van der Waals surface area contributed by atoms with Crippen molar-refractivity contribution in [3.63, 3.8) is 0 Å². The Morgan fingerprint density at radius 1 is 0.850 bits per heavy atom. The van der Waals surface area contributed by atoms with E-state index < -0.39 is 41.6 Å². The Labute approximate surface area is 221 Å². The predicted octanol–water partition coefficient (Wildman–Crippen LogP) is 5.81. The van der Waals surface area contributed by atoms with Crippen molar-refractivity contribution in [1.29, 1.82) is 0 Å². The summed E-state index contributed by atoms with van der Waals surface area (Å²) in [6.45, 7) is 0.892. The number of hydrogen-bond acceptors (Lipinski definition) is 6. The van der Waals surface area contributed by atoms with E-state index in [2.05, 4.69) is 20.7 Å². The second kappa shape index (κ2) is 10.1. The Morgan fingerprint density at radius 2 is 1.50 bits per heavy atom. The van der Waals surface area contributed by atoms with E-state index in [1.54, 1.807) is 0 Å². The Kier molecular flexibility index (Phi) is 7.06. The van der Waals surface area contributed by atoms with Crippen molar-refractivity contribution in [2.75, 3.05) is 18.0 Å². The van der Waals surface area contributed by atoms with E-state index in [4.69, 9.17) is 0 Å². The molecule has 2 N–H and O–H groups in total. The van der Waals surface area contributed by atoms with Gasteiger partial charge in [-0.1, -0.05) is 0 Å². The molecule has 1 atom stereocenters. The lowest BCUT2D eigenvalue weighted by Gasteiger charge is -2.35. The molecule has 1 saturated heterocycles. The van der Waals surface area contributed by atoms with Crippen LogP contribution in [0.15, 0.2) is 59.9 Å². The van der Waals surface area contributed by atoms with E-state index in [9.17, 15) is 39.5 Å². The van der Waals surface area contributed by atoms with Gasteiger partial charge in [0.2, 0.25) is 0 Å². The number of halogens is 9. The van der Waals surface area contributed by atoms with Crippen molar-refractivity contribution in [2.45, 2.75) is 43.7 Å². The smallest absolute Gasteiger partial charge is 0.371 e. The molecule has 4 heterocycles. The fourth-order valence-corrected chi connectivity index (χ4v) is 4.73. The molecule has 3 aliphatic rings. The molecule has 2 aromatic rings. The molecule has 0 bridgehead atoms. The van der Waals surface area contributed by atoms with Gasteiger partial charge in [0.15, 0.2) is 12.1 Å². The van der Waals surface area contributed by atoms with E-state index in [0.717, 1.165) is 12.3 Å². The minimum atomic E-state index is -4.99. The van der Waals surface area contributed by atoms with Gasteiger partial charge in [-0.25, -0.2) is 4.99 Å². The highest BCUT2D eigenvalue weighted by atomic mass is 19.4. The summed E-state index contributed by atoms with van der Waals surface area (Å²) in [6, 6.07) is 3.77. The zero-order chi connectivity index (χ0) is 28.9. The van der Waals surface area contributed by atoms with Gasteiger partial charge < -0.3 is 4.90 Å². The first-order chi connectivity index (χ1) is 18.7. The lowest BCUT2D eigenvalue weighted by Crippen LogP contribution is -2.51. The first kappa shape index (κ1) is 28.0. The number of aromatic nitrogens is 1. The molecule has 40 heavy (non-hydrogen) atoms. The van der Waals surface area contributed by atoms with Gasteiger partial charge in [0.05, 0.1) is 11.1 Å². The van der Waals surface area contributed by atoms with Crippen LogP contribution in [-0.4, -0.2) is 41.2 Å². The van der Waals surface area contributed by atoms with Crippen LogP contribution in [0.5, 0.6) is 0 Å². The van der Waals surface area contributed by atoms with Crippen LogP contribution < -0.4 is 15.6 Å². The van der Waals surface area contributed by atoms with Crippen LogP contribution in [0.3, 0.4) is 0 Å². The molecular weight excluding hydrogens is 555 g/mol. The Bertz CT molecular complexity index is 1320. The number of piperidine rings is 1. The van der Waals surface area contributed by atoms with Gasteiger partial charge in [0, 0.05) is 42.8 Å². The third-order valence-electron chi connectivity index (χ3n) is 6.67. The van der Waals surface area contributed by atoms with Gasteiger partial charge >= 0.3 is 18.5 Å². The maximum atomic E-state index is 13.4. The van der Waals surface area contributed by atoms with E-state index in [1.807, 2.05) is 4.90 Å². The molecule has 1 aromatic carbocycles. The number of benzene rings is 1. The third-order valence-corrected chi connectivity index (χ3v) is 6.67. The Morgan fingerprint density at radius 3 is 2.10 bits per heavy atom. The van der Waals surface area contributed by atoms with Crippen LogP contribution in [-0.2, 0) is 18.5 Å². The highest BCUT2D eigenvalue weighted by molar-refractivity contribution is 6.24. The molecule has 3 aliphatic heterocycles. The number of rotatable bonds is 4. The number of aliphatic imine (C=N–C) groups is 1. The molecule has 0 radical (unpaired) electrons. The number of pyridine rings is 1. The van der Waals surface area contributed by atoms with Crippen molar-refractivity contribution < 1.29 is 39.5 Å². The van der Waals surface area contributed by atoms with Crippen molar-refractivity contribution in [3.05, 3.63) is 77.3 Å². The summed E-state index contributed by atoms with van der Waals surface area (Å²) in [5.41, 5.74) is -0.654. The molecule has 6 nitrogen and oxygen atoms in total. The molecule has 1 aromatic heterocycles. The minimum absolute atomic E-state index is 0.0712. The van der Waals surface area contributed by atoms with E-state index in [1.165, 1.54) is 29.4 Å². The van der Waals surface area contributed by atoms with Gasteiger partial charge in [-0.3, -0.25) is 15.3 Å². The topological polar surface area (TPSA) is 55.8 Å². The molecule has 0 amide bonds. The molecule has 1 unspecified atom stereocenters. The second-order valence-electron chi connectivity index (χ2n) is 9.40. The number of anilines is 1. The molecule has 5 rings (SSSR count). The number of hydrogen-bond donors (Lipinski definition) is 2. The number of amidine groups is 1. The van der Waals surface area contributed by atoms with Crippen LogP contribution in [0.4, 0.5) is 45.2 Å². The molecule has 0 aliphatic carbocycles. The van der Waals surface area contributed by atoms with Gasteiger partial charge in [0.1, 0.15) is 5.69 Å². The van der Waals surface area contributed by atoms with Gasteiger partial charge in [-0.05, 0) is 60.9 Å². The molecule has 214 valence electrons. The molecule has 1 fully saturated rings. The molecular formula is C25H21F9N6. The maximum Gasteiger partial charge on any atom is 0.433 e. The third kappa shape index (κ3) is 5.94. The summed E-state index contributed by atoms with van der Waals surface area (Å²) in [7, 11) is 0. The monoisotopic (exact) mass is 576 g/mol. The summed E-state index contributed by atoms with van der Waals surface area (Å²) in [5.74, 6) is 0.140. The Balaban J connectivity index is 1.29. The van der Waals surface area contributed by atoms with E-state index >= 15 is 0 Å². The van der Waals surface area contributed by atoms with Crippen molar-refractivity contribution in [1.82, 2.24) is 20.7 Å². The van der Waals surface area contributed by atoms with Crippen molar-refractivity contribution >= 4 is 17.1 Å². The van der Waals surface area contributed by atoms with Crippen LogP contribution in [0, 0.1) is 0 Å². The lowest BCUT2D eigenvalue weighted by molar-refractivity contribution is -0.143. The van der Waals surface area contributed by atoms with Crippen LogP contribution in [0.1, 0.15) is 35.2 Å². The normalized spacial score (nSPS) is 20.5. The zero-order valence-electron chi connectivity index (χ0n) is 20.4. The average molecular weight is 576 g/mol. The average Bonchev–Trinajstić information content (AvgIpc) is 3.30. The first-order valence-corrected chi connectivity index (χ1v) is 12.0. The zero-order valence-corrected chi connectivity index (χ0v) is 20.4. The fraction of sp³-hybridized carbons (Fsp3) is 0.360. The van der Waals surface area contributed by atoms with Gasteiger partial charge in [0.25, 0.3) is 0 Å². The van der Waals surface area contributed by atoms with Crippen LogP contribution in [0.25, 0.3) is 5.57 Å². The highest BCUT2D eigenvalue weighted by Gasteiger charge is 2.39. The largest absolute Gasteiger partial charge is 0.433 e. The number of alkyl halides is 9. The SMILES string of the molecule is FC(F)(F)c1cc(C2=CC=CN3NC(NC4CCN(c5ccnc(C(F)(F)F)c5)CC4)N=C23)cc(C(F)(F)F)c1. The van der Waals surface area contributed by atoms with Crippen LogP contribution in [0.2, 0.25) is 0 Å². The Hall–Kier alpha value is -3.59.